The summed E-state index contributed by atoms with van der Waals surface area (Å²) in [5.41, 5.74) is 1.47. The predicted molar refractivity (Wildman–Crippen MR) is 110 cm³/mol. The highest BCUT2D eigenvalue weighted by molar-refractivity contribution is 6.30. The van der Waals surface area contributed by atoms with Crippen molar-refractivity contribution in [2.45, 2.75) is 31.8 Å². The summed E-state index contributed by atoms with van der Waals surface area (Å²) in [4.78, 5) is 63.1. The van der Waals surface area contributed by atoms with Crippen molar-refractivity contribution in [2.75, 3.05) is 0 Å². The predicted octanol–water partition coefficient (Wildman–Crippen LogP) is 1.60. The number of nitrogens with zero attached hydrogens (tertiary/aromatic N) is 1. The molecule has 9 heteroatoms. The van der Waals surface area contributed by atoms with E-state index < -0.39 is 29.7 Å². The number of fused-ring (bicyclic) bond motifs is 1. The third kappa shape index (κ3) is 4.20. The van der Waals surface area contributed by atoms with Gasteiger partial charge in [0.2, 0.25) is 17.7 Å². The number of hydrogen-bond acceptors (Lipinski definition) is 5. The summed E-state index contributed by atoms with van der Waals surface area (Å²) in [6.45, 7) is 0.151. The van der Waals surface area contributed by atoms with Crippen LogP contribution in [0.3, 0.4) is 0 Å². The fourth-order valence-electron chi connectivity index (χ4n) is 3.87. The van der Waals surface area contributed by atoms with Crippen molar-refractivity contribution in [3.63, 3.8) is 0 Å². The second-order valence-electron chi connectivity index (χ2n) is 7.42. The Morgan fingerprint density at radius 1 is 1.13 bits per heavy atom. The molecule has 0 aliphatic carbocycles. The van der Waals surface area contributed by atoms with Gasteiger partial charge in [0.15, 0.2) is 0 Å². The molecule has 1 atom stereocenters. The highest BCUT2D eigenvalue weighted by atomic mass is 35.5. The molecule has 0 spiro atoms. The van der Waals surface area contributed by atoms with Crippen molar-refractivity contribution in [1.82, 2.24) is 15.5 Å². The van der Waals surface area contributed by atoms with Gasteiger partial charge in [-0.05, 0) is 35.7 Å². The summed E-state index contributed by atoms with van der Waals surface area (Å²) < 4.78 is 0. The molecule has 0 radical (unpaired) electrons. The van der Waals surface area contributed by atoms with Crippen LogP contribution in [-0.2, 0) is 27.3 Å². The number of halogens is 1. The summed E-state index contributed by atoms with van der Waals surface area (Å²) in [5, 5.41) is 5.03. The highest BCUT2D eigenvalue weighted by Gasteiger charge is 2.40. The number of benzene rings is 2. The first kappa shape index (κ1) is 20.7. The van der Waals surface area contributed by atoms with E-state index in [0.717, 1.165) is 0 Å². The van der Waals surface area contributed by atoms with Crippen LogP contribution in [0.5, 0.6) is 0 Å². The lowest BCUT2D eigenvalue weighted by Crippen LogP contribution is -2.52. The maximum Gasteiger partial charge on any atom is 0.258 e. The van der Waals surface area contributed by atoms with Crippen molar-refractivity contribution in [2.24, 2.45) is 0 Å². The lowest BCUT2D eigenvalue weighted by Gasteiger charge is -2.29. The fourth-order valence-corrected chi connectivity index (χ4v) is 4.09. The number of piperidine rings is 1. The average molecular weight is 440 g/mol. The minimum atomic E-state index is -0.780. The molecule has 0 bridgehead atoms. The molecule has 2 N–H and O–H groups in total. The molecule has 1 fully saturated rings. The van der Waals surface area contributed by atoms with Crippen molar-refractivity contribution < 1.29 is 24.0 Å². The van der Waals surface area contributed by atoms with Crippen LogP contribution in [0, 0.1) is 0 Å². The Morgan fingerprint density at radius 3 is 2.65 bits per heavy atom. The second kappa shape index (κ2) is 8.31. The van der Waals surface area contributed by atoms with Gasteiger partial charge >= 0.3 is 0 Å². The van der Waals surface area contributed by atoms with Gasteiger partial charge in [-0.15, -0.1) is 0 Å². The van der Waals surface area contributed by atoms with Gasteiger partial charge in [-0.2, -0.15) is 0 Å². The van der Waals surface area contributed by atoms with Gasteiger partial charge < -0.3 is 4.90 Å². The van der Waals surface area contributed by atoms with Crippen molar-refractivity contribution in [3.8, 4) is 0 Å². The Morgan fingerprint density at radius 2 is 1.90 bits per heavy atom. The second-order valence-corrected chi connectivity index (χ2v) is 7.86. The van der Waals surface area contributed by atoms with Gasteiger partial charge in [-0.1, -0.05) is 35.9 Å². The summed E-state index contributed by atoms with van der Waals surface area (Å²) in [7, 11) is 0. The molecule has 158 valence electrons. The van der Waals surface area contributed by atoms with Crippen LogP contribution in [-0.4, -0.2) is 40.5 Å². The lowest BCUT2D eigenvalue weighted by atomic mass is 10.0. The van der Waals surface area contributed by atoms with E-state index in [1.807, 2.05) is 0 Å². The van der Waals surface area contributed by atoms with Crippen molar-refractivity contribution in [1.29, 1.82) is 0 Å². The zero-order valence-corrected chi connectivity index (χ0v) is 17.1. The maximum atomic E-state index is 13.0. The Bertz CT molecular complexity index is 1130. The van der Waals surface area contributed by atoms with Gasteiger partial charge in [0, 0.05) is 18.0 Å². The topological polar surface area (TPSA) is 113 Å². The summed E-state index contributed by atoms with van der Waals surface area (Å²) in [6.07, 6.45) is 0.323. The number of imide groups is 2. The van der Waals surface area contributed by atoms with Crippen molar-refractivity contribution in [3.05, 3.63) is 69.7 Å². The Kier molecular flexibility index (Phi) is 5.56. The molecule has 2 heterocycles. The molecule has 31 heavy (non-hydrogen) atoms. The van der Waals surface area contributed by atoms with E-state index in [4.69, 9.17) is 11.6 Å². The maximum absolute atomic E-state index is 13.0. The molecule has 2 aliphatic heterocycles. The van der Waals surface area contributed by atoms with Gasteiger partial charge in [0.1, 0.15) is 6.04 Å². The molecule has 8 nitrogen and oxygen atoms in total. The van der Waals surface area contributed by atoms with E-state index in [1.54, 1.807) is 36.4 Å². The average Bonchev–Trinajstić information content (AvgIpc) is 3.04. The first-order valence-corrected chi connectivity index (χ1v) is 10.1. The van der Waals surface area contributed by atoms with Crippen LogP contribution >= 0.6 is 11.6 Å². The molecule has 4 rings (SSSR count). The van der Waals surface area contributed by atoms with Crippen LogP contribution < -0.4 is 10.6 Å². The van der Waals surface area contributed by atoms with Crippen LogP contribution in [0.15, 0.2) is 42.5 Å². The van der Waals surface area contributed by atoms with Crippen LogP contribution in [0.25, 0.3) is 0 Å². The smallest absolute Gasteiger partial charge is 0.258 e. The molecular weight excluding hydrogens is 422 g/mol. The molecule has 2 aromatic rings. The van der Waals surface area contributed by atoms with Crippen LogP contribution in [0.4, 0.5) is 0 Å². The lowest BCUT2D eigenvalue weighted by molar-refractivity contribution is -0.137. The van der Waals surface area contributed by atoms with E-state index >= 15 is 0 Å². The Hall–Kier alpha value is -3.52. The number of amides is 5. The molecule has 0 aromatic heterocycles. The van der Waals surface area contributed by atoms with Gasteiger partial charge in [-0.25, -0.2) is 0 Å². The van der Waals surface area contributed by atoms with Gasteiger partial charge in [0.05, 0.1) is 17.5 Å². The van der Waals surface area contributed by atoms with E-state index in [0.29, 0.717) is 16.1 Å². The van der Waals surface area contributed by atoms with E-state index in [-0.39, 0.29) is 42.8 Å². The SMILES string of the molecule is O=C(Cc1cccc(Cl)c1)NC(=O)c1cccc2c1C(=O)N(C1CCC(=O)NC1=O)C2. The number of carbonyl (C=O) groups is 5. The normalized spacial score (nSPS) is 17.9. The summed E-state index contributed by atoms with van der Waals surface area (Å²) in [6, 6.07) is 10.7. The molecule has 1 unspecified atom stereocenters. The van der Waals surface area contributed by atoms with Gasteiger partial charge in [0.25, 0.3) is 11.8 Å². The van der Waals surface area contributed by atoms with Crippen LogP contribution in [0.2, 0.25) is 5.02 Å². The zero-order valence-electron chi connectivity index (χ0n) is 16.3. The fraction of sp³-hybridized carbons (Fsp3) is 0.227. The summed E-state index contributed by atoms with van der Waals surface area (Å²) >= 11 is 5.92. The van der Waals surface area contributed by atoms with Crippen LogP contribution in [0.1, 0.15) is 44.7 Å². The Balaban J connectivity index is 1.51. The van der Waals surface area contributed by atoms with E-state index in [9.17, 15) is 24.0 Å². The first-order valence-electron chi connectivity index (χ1n) is 9.68. The Labute approximate surface area is 182 Å². The number of rotatable bonds is 4. The minimum absolute atomic E-state index is 0.0440. The molecule has 0 saturated carbocycles. The van der Waals surface area contributed by atoms with Gasteiger partial charge in [-0.3, -0.25) is 34.6 Å². The third-order valence-electron chi connectivity index (χ3n) is 5.30. The monoisotopic (exact) mass is 439 g/mol. The van der Waals surface area contributed by atoms with Crippen molar-refractivity contribution >= 4 is 41.1 Å². The first-order chi connectivity index (χ1) is 14.8. The molecule has 2 aliphatic rings. The van der Waals surface area contributed by atoms with E-state index in [1.165, 1.54) is 11.0 Å². The number of hydrogen-bond donors (Lipinski definition) is 2. The third-order valence-corrected chi connectivity index (χ3v) is 5.54. The quantitative estimate of drug-likeness (QED) is 0.702. The number of nitrogens with one attached hydrogen (secondary N) is 2. The highest BCUT2D eigenvalue weighted by Crippen LogP contribution is 2.29. The molecule has 5 amide bonds. The minimum Gasteiger partial charge on any atom is -0.322 e. The molecular formula is C22H18ClN3O5. The zero-order chi connectivity index (χ0) is 22.1. The standard InChI is InChI=1S/C22H18ClN3O5/c23-14-5-1-3-12(9-14)10-18(28)25-20(29)15-6-2-4-13-11-26(22(31)19(13)15)16-7-8-17(27)24-21(16)30/h1-6,9,16H,7-8,10-11H2,(H,24,27,30)(H,25,28,29). The summed E-state index contributed by atoms with van der Waals surface area (Å²) in [5.74, 6) is -2.60. The molecule has 2 aromatic carbocycles. The van der Waals surface area contributed by atoms with E-state index in [2.05, 4.69) is 10.6 Å². The number of carbonyl (C=O) groups excluding carboxylic acids is 5. The largest absolute Gasteiger partial charge is 0.322 e. The molecule has 1 saturated heterocycles.